The van der Waals surface area contributed by atoms with Crippen LogP contribution in [0.25, 0.3) is 0 Å². The van der Waals surface area contributed by atoms with E-state index in [0.717, 1.165) is 76.2 Å². The predicted octanol–water partition coefficient (Wildman–Crippen LogP) is 7.85. The lowest BCUT2D eigenvalue weighted by Gasteiger charge is -2.30. The largest absolute Gasteiger partial charge is 0.469 e. The highest BCUT2D eigenvalue weighted by Gasteiger charge is 2.43. The van der Waals surface area contributed by atoms with Crippen molar-refractivity contribution in [1.82, 2.24) is 10.6 Å². The first-order chi connectivity index (χ1) is 21.4. The molecule has 6 heteroatoms. The second-order valence-corrected chi connectivity index (χ2v) is 11.6. The van der Waals surface area contributed by atoms with Crippen LogP contribution in [0.4, 0.5) is 0 Å². The molecule has 1 aromatic carbocycles. The first-order valence-corrected chi connectivity index (χ1v) is 16.3. The van der Waals surface area contributed by atoms with E-state index in [1.54, 1.807) is 6.92 Å². The summed E-state index contributed by atoms with van der Waals surface area (Å²) in [6.45, 7) is 3.84. The fourth-order valence-corrected chi connectivity index (χ4v) is 5.31. The third-order valence-electron chi connectivity index (χ3n) is 7.95. The zero-order valence-electron chi connectivity index (χ0n) is 26.5. The van der Waals surface area contributed by atoms with E-state index in [0.29, 0.717) is 6.42 Å². The Kier molecular flexibility index (Phi) is 15.2. The first kappa shape index (κ1) is 34.6. The van der Waals surface area contributed by atoms with Crippen molar-refractivity contribution in [2.75, 3.05) is 0 Å². The van der Waals surface area contributed by atoms with Crippen molar-refractivity contribution in [2.45, 2.75) is 109 Å². The van der Waals surface area contributed by atoms with Crippen LogP contribution in [0, 0.1) is 0 Å². The molecule has 0 spiro atoms. The molecular weight excluding hydrogens is 548 g/mol. The van der Waals surface area contributed by atoms with Crippen molar-refractivity contribution >= 4 is 17.6 Å². The van der Waals surface area contributed by atoms with Crippen molar-refractivity contribution < 1.29 is 19.1 Å². The summed E-state index contributed by atoms with van der Waals surface area (Å²) in [6.07, 6.45) is 33.5. The van der Waals surface area contributed by atoms with Crippen LogP contribution in [0.3, 0.4) is 0 Å². The van der Waals surface area contributed by atoms with Crippen LogP contribution in [0.2, 0.25) is 0 Å². The highest BCUT2D eigenvalue weighted by molar-refractivity contribution is 6.07. The number of benzene rings is 1. The molecule has 1 aromatic rings. The SMILES string of the molecule is CC/C=C\C/C=C\C/C=C\C/C=C\C/C=C\CCCC(=O)NC1CCC(NC(=O)C2=CC(=O)C(C)(c3ccccc3)O2)CC1. The Balaban J connectivity index is 1.21. The van der Waals surface area contributed by atoms with Gasteiger partial charge in [-0.15, -0.1) is 0 Å². The summed E-state index contributed by atoms with van der Waals surface area (Å²) >= 11 is 0. The predicted molar refractivity (Wildman–Crippen MR) is 179 cm³/mol. The van der Waals surface area contributed by atoms with Crippen LogP contribution >= 0.6 is 0 Å². The standard InChI is InChI=1S/C38H50N2O4/c1-3-4-5-6-7-8-9-10-11-12-13-14-15-16-17-18-22-25-36(42)39-32-26-28-33(29-27-32)40-37(43)34-30-35(41)38(2,44-34)31-23-20-19-21-24-31/h4-5,7-8,10-11,13-14,16-17,19-21,23-24,30,32-33H,3,6,9,12,15,18,22,25-29H2,1-2H3,(H,39,42)(H,40,43)/b5-4-,8-7-,11-10-,14-13-,17-16-. The van der Waals surface area contributed by atoms with Crippen molar-refractivity contribution in [3.63, 3.8) is 0 Å². The molecule has 1 aliphatic heterocycles. The summed E-state index contributed by atoms with van der Waals surface area (Å²) in [5, 5.41) is 6.17. The van der Waals surface area contributed by atoms with Crippen molar-refractivity contribution in [3.8, 4) is 0 Å². The summed E-state index contributed by atoms with van der Waals surface area (Å²) in [5.74, 6) is -0.445. The van der Waals surface area contributed by atoms with Gasteiger partial charge < -0.3 is 15.4 Å². The Morgan fingerprint density at radius 3 is 1.89 bits per heavy atom. The molecule has 236 valence electrons. The monoisotopic (exact) mass is 598 g/mol. The lowest BCUT2D eigenvalue weighted by Crippen LogP contribution is -2.44. The number of allylic oxidation sites excluding steroid dienone is 10. The van der Waals surface area contributed by atoms with Gasteiger partial charge in [-0.2, -0.15) is 0 Å². The van der Waals surface area contributed by atoms with Crippen LogP contribution < -0.4 is 10.6 Å². The van der Waals surface area contributed by atoms with Crippen molar-refractivity contribution in [3.05, 3.63) is 108 Å². The second-order valence-electron chi connectivity index (χ2n) is 11.6. The number of carbonyl (C=O) groups excluding carboxylic acids is 3. The van der Waals surface area contributed by atoms with E-state index in [1.807, 2.05) is 30.3 Å². The van der Waals surface area contributed by atoms with Gasteiger partial charge in [-0.1, -0.05) is 98.0 Å². The Labute approximate surface area is 264 Å². The fourth-order valence-electron chi connectivity index (χ4n) is 5.31. The van der Waals surface area contributed by atoms with Crippen LogP contribution in [0.1, 0.15) is 96.5 Å². The summed E-state index contributed by atoms with van der Waals surface area (Å²) in [4.78, 5) is 37.9. The number of hydrogen-bond donors (Lipinski definition) is 2. The average Bonchev–Trinajstić information content (AvgIpc) is 3.35. The zero-order chi connectivity index (χ0) is 31.5. The third kappa shape index (κ3) is 12.0. The Morgan fingerprint density at radius 2 is 1.32 bits per heavy atom. The molecular formula is C38H50N2O4. The van der Waals surface area contributed by atoms with Gasteiger partial charge in [0.15, 0.2) is 11.4 Å². The summed E-state index contributed by atoms with van der Waals surface area (Å²) in [6, 6.07) is 9.35. The van der Waals surface area contributed by atoms with Gasteiger partial charge in [0.1, 0.15) is 0 Å². The van der Waals surface area contributed by atoms with Gasteiger partial charge in [-0.3, -0.25) is 14.4 Å². The Morgan fingerprint density at radius 1 is 0.795 bits per heavy atom. The minimum atomic E-state index is -1.18. The van der Waals surface area contributed by atoms with E-state index in [1.165, 1.54) is 6.08 Å². The molecule has 1 aliphatic carbocycles. The molecule has 2 N–H and O–H groups in total. The molecule has 1 fully saturated rings. The molecule has 0 radical (unpaired) electrons. The smallest absolute Gasteiger partial charge is 0.286 e. The minimum Gasteiger partial charge on any atom is -0.469 e. The molecule has 1 atom stereocenters. The summed E-state index contributed by atoms with van der Waals surface area (Å²) in [5.41, 5.74) is -0.456. The number of unbranched alkanes of at least 4 members (excludes halogenated alkanes) is 1. The van der Waals surface area contributed by atoms with Gasteiger partial charge >= 0.3 is 0 Å². The maximum Gasteiger partial charge on any atom is 0.286 e. The molecule has 44 heavy (non-hydrogen) atoms. The van der Waals surface area contributed by atoms with Gasteiger partial charge in [-0.25, -0.2) is 0 Å². The molecule has 0 bridgehead atoms. The number of amides is 2. The highest BCUT2D eigenvalue weighted by atomic mass is 16.5. The van der Waals surface area contributed by atoms with Gasteiger partial charge in [0.2, 0.25) is 11.7 Å². The van der Waals surface area contributed by atoms with Crippen molar-refractivity contribution in [1.29, 1.82) is 0 Å². The molecule has 1 saturated carbocycles. The molecule has 1 unspecified atom stereocenters. The first-order valence-electron chi connectivity index (χ1n) is 16.3. The second kappa shape index (κ2) is 19.4. The number of carbonyl (C=O) groups is 3. The van der Waals surface area contributed by atoms with E-state index in [2.05, 4.69) is 78.3 Å². The number of hydrogen-bond acceptors (Lipinski definition) is 4. The summed E-state index contributed by atoms with van der Waals surface area (Å²) in [7, 11) is 0. The number of ether oxygens (including phenoxy) is 1. The lowest BCUT2D eigenvalue weighted by molar-refractivity contribution is -0.132. The van der Waals surface area contributed by atoms with E-state index in [9.17, 15) is 14.4 Å². The topological polar surface area (TPSA) is 84.5 Å². The number of rotatable bonds is 17. The third-order valence-corrected chi connectivity index (χ3v) is 7.95. The maximum absolute atomic E-state index is 12.8. The molecule has 1 heterocycles. The minimum absolute atomic E-state index is 0.00540. The number of ketones is 1. The average molecular weight is 599 g/mol. The van der Waals surface area contributed by atoms with E-state index in [-0.39, 0.29) is 35.4 Å². The van der Waals surface area contributed by atoms with Crippen LogP contribution in [-0.2, 0) is 24.7 Å². The quantitative estimate of drug-likeness (QED) is 0.141. The van der Waals surface area contributed by atoms with Crippen LogP contribution in [-0.4, -0.2) is 29.7 Å². The highest BCUT2D eigenvalue weighted by Crippen LogP contribution is 2.35. The fraction of sp³-hybridized carbons (Fsp3) is 0.447. The molecule has 2 aliphatic rings. The van der Waals surface area contributed by atoms with E-state index >= 15 is 0 Å². The number of nitrogens with one attached hydrogen (secondary N) is 2. The molecule has 0 saturated heterocycles. The zero-order valence-corrected chi connectivity index (χ0v) is 26.5. The van der Waals surface area contributed by atoms with Crippen LogP contribution in [0.5, 0.6) is 0 Å². The normalized spacial score (nSPS) is 22.4. The van der Waals surface area contributed by atoms with Gasteiger partial charge in [-0.05, 0) is 77.6 Å². The maximum atomic E-state index is 12.8. The van der Waals surface area contributed by atoms with Gasteiger partial charge in [0.05, 0.1) is 0 Å². The van der Waals surface area contributed by atoms with Crippen molar-refractivity contribution in [2.24, 2.45) is 0 Å². The van der Waals surface area contributed by atoms with E-state index in [4.69, 9.17) is 4.74 Å². The lowest BCUT2D eigenvalue weighted by atomic mass is 9.91. The van der Waals surface area contributed by atoms with E-state index < -0.39 is 5.60 Å². The molecule has 3 rings (SSSR count). The van der Waals surface area contributed by atoms with Gasteiger partial charge in [0, 0.05) is 30.1 Å². The Bertz CT molecular complexity index is 1230. The Hall–Kier alpha value is -3.93. The summed E-state index contributed by atoms with van der Waals surface area (Å²) < 4.78 is 5.86. The molecule has 0 aromatic heterocycles. The van der Waals surface area contributed by atoms with Crippen LogP contribution in [0.15, 0.2) is 103 Å². The molecule has 6 nitrogen and oxygen atoms in total. The molecule has 2 amide bonds. The van der Waals surface area contributed by atoms with Gasteiger partial charge in [0.25, 0.3) is 5.91 Å².